The van der Waals surface area contributed by atoms with Crippen molar-refractivity contribution in [3.8, 4) is 0 Å². The first kappa shape index (κ1) is 13.3. The first-order valence-corrected chi connectivity index (χ1v) is 7.07. The molecule has 0 aromatic carbocycles. The molecule has 18 heavy (non-hydrogen) atoms. The Bertz CT molecular complexity index is 341. The van der Waals surface area contributed by atoms with Crippen molar-refractivity contribution in [1.82, 2.24) is 9.97 Å². The SMILES string of the molecule is CC(N)CCNc1ncc(C2CCCCC2)cn1. The molecule has 4 heteroatoms. The molecule has 4 nitrogen and oxygen atoms in total. The van der Waals surface area contributed by atoms with Gasteiger partial charge in [0, 0.05) is 25.0 Å². The van der Waals surface area contributed by atoms with E-state index >= 15 is 0 Å². The van der Waals surface area contributed by atoms with Crippen molar-refractivity contribution in [1.29, 1.82) is 0 Å². The highest BCUT2D eigenvalue weighted by Gasteiger charge is 2.15. The third-order valence-corrected chi connectivity index (χ3v) is 3.63. The van der Waals surface area contributed by atoms with Crippen LogP contribution in [-0.2, 0) is 0 Å². The van der Waals surface area contributed by atoms with E-state index in [0.717, 1.165) is 18.9 Å². The van der Waals surface area contributed by atoms with Crippen molar-refractivity contribution in [2.45, 2.75) is 57.4 Å². The van der Waals surface area contributed by atoms with Gasteiger partial charge in [-0.05, 0) is 37.7 Å². The molecule has 0 aliphatic heterocycles. The number of aromatic nitrogens is 2. The van der Waals surface area contributed by atoms with E-state index in [1.165, 1.54) is 37.7 Å². The second-order valence-corrected chi connectivity index (χ2v) is 5.37. The van der Waals surface area contributed by atoms with Crippen molar-refractivity contribution < 1.29 is 0 Å². The van der Waals surface area contributed by atoms with Crippen LogP contribution in [0.1, 0.15) is 56.9 Å². The van der Waals surface area contributed by atoms with Crippen LogP contribution in [0.15, 0.2) is 12.4 Å². The van der Waals surface area contributed by atoms with Crippen LogP contribution in [0.3, 0.4) is 0 Å². The van der Waals surface area contributed by atoms with Gasteiger partial charge in [-0.2, -0.15) is 0 Å². The molecular weight excluding hydrogens is 224 g/mol. The predicted molar refractivity (Wildman–Crippen MR) is 74.6 cm³/mol. The summed E-state index contributed by atoms with van der Waals surface area (Å²) in [4.78, 5) is 8.78. The van der Waals surface area contributed by atoms with Gasteiger partial charge in [0.1, 0.15) is 0 Å². The number of hydrogen-bond donors (Lipinski definition) is 2. The quantitative estimate of drug-likeness (QED) is 0.841. The summed E-state index contributed by atoms with van der Waals surface area (Å²) in [5.41, 5.74) is 7.00. The maximum Gasteiger partial charge on any atom is 0.222 e. The zero-order valence-corrected chi connectivity index (χ0v) is 11.2. The van der Waals surface area contributed by atoms with Gasteiger partial charge in [-0.25, -0.2) is 9.97 Å². The Morgan fingerprint density at radius 3 is 2.56 bits per heavy atom. The summed E-state index contributed by atoms with van der Waals surface area (Å²) in [5.74, 6) is 1.40. The van der Waals surface area contributed by atoms with E-state index in [2.05, 4.69) is 15.3 Å². The molecule has 1 aromatic heterocycles. The molecule has 1 aromatic rings. The minimum absolute atomic E-state index is 0.221. The Kier molecular flexibility index (Phi) is 4.93. The van der Waals surface area contributed by atoms with Crippen molar-refractivity contribution >= 4 is 5.95 Å². The van der Waals surface area contributed by atoms with E-state index in [0.29, 0.717) is 5.92 Å². The highest BCUT2D eigenvalue weighted by atomic mass is 15.1. The lowest BCUT2D eigenvalue weighted by atomic mass is 9.85. The summed E-state index contributed by atoms with van der Waals surface area (Å²) < 4.78 is 0. The van der Waals surface area contributed by atoms with Gasteiger partial charge >= 0.3 is 0 Å². The van der Waals surface area contributed by atoms with Gasteiger partial charge in [-0.1, -0.05) is 19.3 Å². The lowest BCUT2D eigenvalue weighted by Gasteiger charge is -2.21. The summed E-state index contributed by atoms with van der Waals surface area (Å²) in [6, 6.07) is 0.221. The normalized spacial score (nSPS) is 18.6. The zero-order chi connectivity index (χ0) is 12.8. The molecule has 1 saturated carbocycles. The molecule has 0 radical (unpaired) electrons. The van der Waals surface area contributed by atoms with Gasteiger partial charge in [0.2, 0.25) is 5.95 Å². The largest absolute Gasteiger partial charge is 0.354 e. The minimum atomic E-state index is 0.221. The highest BCUT2D eigenvalue weighted by molar-refractivity contribution is 5.26. The average molecular weight is 248 g/mol. The summed E-state index contributed by atoms with van der Waals surface area (Å²) in [6.45, 7) is 2.84. The third-order valence-electron chi connectivity index (χ3n) is 3.63. The Morgan fingerprint density at radius 1 is 1.28 bits per heavy atom. The van der Waals surface area contributed by atoms with Gasteiger partial charge in [0.05, 0.1) is 0 Å². The smallest absolute Gasteiger partial charge is 0.222 e. The molecule has 1 atom stereocenters. The van der Waals surface area contributed by atoms with Crippen LogP contribution in [0, 0.1) is 0 Å². The van der Waals surface area contributed by atoms with Crippen LogP contribution >= 0.6 is 0 Å². The van der Waals surface area contributed by atoms with E-state index in [9.17, 15) is 0 Å². The molecule has 100 valence electrons. The molecule has 0 bridgehead atoms. The molecule has 0 amide bonds. The maximum atomic E-state index is 5.70. The molecule has 1 heterocycles. The first-order valence-electron chi connectivity index (χ1n) is 7.07. The zero-order valence-electron chi connectivity index (χ0n) is 11.2. The Labute approximate surface area is 109 Å². The Hall–Kier alpha value is -1.16. The van der Waals surface area contributed by atoms with Crippen molar-refractivity contribution in [2.75, 3.05) is 11.9 Å². The number of nitrogens with one attached hydrogen (secondary N) is 1. The topological polar surface area (TPSA) is 63.8 Å². The van der Waals surface area contributed by atoms with Crippen LogP contribution in [0.5, 0.6) is 0 Å². The predicted octanol–water partition coefficient (Wildman–Crippen LogP) is 2.67. The molecule has 1 unspecified atom stereocenters. The van der Waals surface area contributed by atoms with Crippen LogP contribution in [0.25, 0.3) is 0 Å². The number of rotatable bonds is 5. The summed E-state index contributed by atoms with van der Waals surface area (Å²) >= 11 is 0. The molecule has 2 rings (SSSR count). The number of hydrogen-bond acceptors (Lipinski definition) is 4. The molecule has 1 aliphatic rings. The van der Waals surface area contributed by atoms with E-state index < -0.39 is 0 Å². The lowest BCUT2D eigenvalue weighted by Crippen LogP contribution is -2.19. The Balaban J connectivity index is 1.84. The molecular formula is C14H24N4. The van der Waals surface area contributed by atoms with Crippen LogP contribution in [0.4, 0.5) is 5.95 Å². The number of nitrogens with two attached hydrogens (primary N) is 1. The monoisotopic (exact) mass is 248 g/mol. The van der Waals surface area contributed by atoms with E-state index in [1.807, 2.05) is 19.3 Å². The molecule has 0 saturated heterocycles. The fourth-order valence-corrected chi connectivity index (χ4v) is 2.49. The standard InChI is InChI=1S/C14H24N4/c1-11(15)7-8-16-14-17-9-13(10-18-14)12-5-3-2-4-6-12/h9-12H,2-8,15H2,1H3,(H,16,17,18). The van der Waals surface area contributed by atoms with Gasteiger partial charge < -0.3 is 11.1 Å². The van der Waals surface area contributed by atoms with Gasteiger partial charge in [-0.15, -0.1) is 0 Å². The van der Waals surface area contributed by atoms with Crippen LogP contribution in [-0.4, -0.2) is 22.6 Å². The van der Waals surface area contributed by atoms with Crippen molar-refractivity contribution in [3.05, 3.63) is 18.0 Å². The van der Waals surface area contributed by atoms with Gasteiger partial charge in [0.15, 0.2) is 0 Å². The molecule has 0 spiro atoms. The maximum absolute atomic E-state index is 5.70. The van der Waals surface area contributed by atoms with E-state index in [4.69, 9.17) is 5.73 Å². The van der Waals surface area contributed by atoms with Gasteiger partial charge in [0.25, 0.3) is 0 Å². The van der Waals surface area contributed by atoms with Gasteiger partial charge in [-0.3, -0.25) is 0 Å². The molecule has 3 N–H and O–H groups in total. The third kappa shape index (κ3) is 3.95. The van der Waals surface area contributed by atoms with E-state index in [-0.39, 0.29) is 6.04 Å². The second kappa shape index (κ2) is 6.69. The van der Waals surface area contributed by atoms with Crippen molar-refractivity contribution in [2.24, 2.45) is 5.73 Å². The van der Waals surface area contributed by atoms with Crippen LogP contribution in [0.2, 0.25) is 0 Å². The summed E-state index contributed by atoms with van der Waals surface area (Å²) in [7, 11) is 0. The Morgan fingerprint density at radius 2 is 1.94 bits per heavy atom. The van der Waals surface area contributed by atoms with Crippen LogP contribution < -0.4 is 11.1 Å². The summed E-state index contributed by atoms with van der Waals surface area (Å²) in [6.07, 6.45) is 11.6. The minimum Gasteiger partial charge on any atom is -0.354 e. The molecule has 1 fully saturated rings. The average Bonchev–Trinajstić information content (AvgIpc) is 2.40. The fraction of sp³-hybridized carbons (Fsp3) is 0.714. The highest BCUT2D eigenvalue weighted by Crippen LogP contribution is 2.31. The van der Waals surface area contributed by atoms with Crippen molar-refractivity contribution in [3.63, 3.8) is 0 Å². The lowest BCUT2D eigenvalue weighted by molar-refractivity contribution is 0.442. The second-order valence-electron chi connectivity index (χ2n) is 5.37. The summed E-state index contributed by atoms with van der Waals surface area (Å²) in [5, 5.41) is 3.20. The first-order chi connectivity index (χ1) is 8.75. The number of anilines is 1. The number of nitrogens with zero attached hydrogens (tertiary/aromatic N) is 2. The van der Waals surface area contributed by atoms with E-state index in [1.54, 1.807) is 0 Å². The molecule has 1 aliphatic carbocycles. The fourth-order valence-electron chi connectivity index (χ4n) is 2.49.